The Bertz CT molecular complexity index is 821. The highest BCUT2D eigenvalue weighted by atomic mass is 79.9. The van der Waals surface area contributed by atoms with Crippen molar-refractivity contribution in [2.75, 3.05) is 20.8 Å². The van der Waals surface area contributed by atoms with Gasteiger partial charge in [0.15, 0.2) is 6.61 Å². The molecule has 0 aliphatic rings. The van der Waals surface area contributed by atoms with Crippen molar-refractivity contribution in [1.82, 2.24) is 5.43 Å². The van der Waals surface area contributed by atoms with Gasteiger partial charge in [-0.3, -0.25) is 4.79 Å². The number of benzene rings is 2. The molecule has 0 aliphatic carbocycles. The summed E-state index contributed by atoms with van der Waals surface area (Å²) in [7, 11) is 3.15. The van der Waals surface area contributed by atoms with E-state index in [1.807, 2.05) is 31.2 Å². The first-order chi connectivity index (χ1) is 12.4. The molecule has 1 N–H and O–H groups in total. The molecular formula is C19H21BrN2O4. The highest BCUT2D eigenvalue weighted by Crippen LogP contribution is 2.25. The fourth-order valence-electron chi connectivity index (χ4n) is 2.25. The molecule has 2 aromatic rings. The molecule has 0 atom stereocenters. The van der Waals surface area contributed by atoms with Crippen molar-refractivity contribution in [3.05, 3.63) is 52.0 Å². The van der Waals surface area contributed by atoms with Crippen molar-refractivity contribution in [1.29, 1.82) is 0 Å². The van der Waals surface area contributed by atoms with Gasteiger partial charge in [-0.25, -0.2) is 5.43 Å². The second kappa shape index (κ2) is 9.24. The Morgan fingerprint density at radius 1 is 1.12 bits per heavy atom. The molecule has 2 rings (SSSR count). The first-order valence-electron chi connectivity index (χ1n) is 7.89. The number of nitrogens with zero attached hydrogens (tertiary/aromatic N) is 1. The molecule has 26 heavy (non-hydrogen) atoms. The average molecular weight is 421 g/mol. The highest BCUT2D eigenvalue weighted by Gasteiger charge is 2.09. The molecule has 0 aliphatic heterocycles. The molecule has 0 fully saturated rings. The van der Waals surface area contributed by atoms with E-state index in [-0.39, 0.29) is 12.5 Å². The first kappa shape index (κ1) is 19.8. The summed E-state index contributed by atoms with van der Waals surface area (Å²) in [5.74, 6) is 1.60. The monoisotopic (exact) mass is 420 g/mol. The lowest BCUT2D eigenvalue weighted by Gasteiger charge is -2.11. The average Bonchev–Trinajstić information content (AvgIpc) is 2.64. The number of ether oxygens (including phenoxy) is 3. The Morgan fingerprint density at radius 2 is 1.88 bits per heavy atom. The largest absolute Gasteiger partial charge is 0.497 e. The van der Waals surface area contributed by atoms with E-state index in [4.69, 9.17) is 14.2 Å². The van der Waals surface area contributed by atoms with Gasteiger partial charge in [0, 0.05) is 16.1 Å². The number of aryl methyl sites for hydroxylation is 1. The number of methoxy groups -OCH3 is 2. The fraction of sp³-hybridized carbons (Fsp3) is 0.263. The molecule has 0 spiro atoms. The molecule has 0 unspecified atom stereocenters. The maximum absolute atomic E-state index is 12.0. The van der Waals surface area contributed by atoms with E-state index in [1.54, 1.807) is 33.3 Å². The minimum atomic E-state index is -0.348. The Morgan fingerprint density at radius 3 is 2.54 bits per heavy atom. The number of carbonyl (C=O) groups is 1. The SMILES string of the molecule is COc1ccc(/C(C)=N/NC(=O)COc2ccc(Br)cc2C)c(OC)c1. The third-order valence-corrected chi connectivity index (χ3v) is 4.14. The summed E-state index contributed by atoms with van der Waals surface area (Å²) in [6.07, 6.45) is 0. The van der Waals surface area contributed by atoms with Gasteiger partial charge in [-0.2, -0.15) is 5.10 Å². The van der Waals surface area contributed by atoms with Gasteiger partial charge in [-0.05, 0) is 49.7 Å². The standard InChI is InChI=1S/C19H21BrN2O4/c1-12-9-14(20)5-8-17(12)26-11-19(23)22-21-13(2)16-7-6-15(24-3)10-18(16)25-4/h5-10H,11H2,1-4H3,(H,22,23)/b21-13+. The van der Waals surface area contributed by atoms with Crippen LogP contribution >= 0.6 is 15.9 Å². The number of hydrogen-bond acceptors (Lipinski definition) is 5. The van der Waals surface area contributed by atoms with Crippen LogP contribution in [0.15, 0.2) is 46.0 Å². The zero-order valence-corrected chi connectivity index (χ0v) is 16.7. The highest BCUT2D eigenvalue weighted by molar-refractivity contribution is 9.10. The molecule has 1 amide bonds. The smallest absolute Gasteiger partial charge is 0.277 e. The molecule has 0 heterocycles. The van der Waals surface area contributed by atoms with Crippen molar-refractivity contribution in [3.63, 3.8) is 0 Å². The van der Waals surface area contributed by atoms with E-state index in [1.165, 1.54) is 0 Å². The first-order valence-corrected chi connectivity index (χ1v) is 8.68. The summed E-state index contributed by atoms with van der Waals surface area (Å²) in [4.78, 5) is 12.0. The van der Waals surface area contributed by atoms with E-state index in [2.05, 4.69) is 26.5 Å². The molecule has 0 radical (unpaired) electrons. The van der Waals surface area contributed by atoms with Crippen LogP contribution in [0.5, 0.6) is 17.2 Å². The number of carbonyl (C=O) groups excluding carboxylic acids is 1. The third kappa shape index (κ3) is 5.23. The van der Waals surface area contributed by atoms with Crippen molar-refractivity contribution >= 4 is 27.5 Å². The van der Waals surface area contributed by atoms with Crippen LogP contribution in [-0.2, 0) is 4.79 Å². The quantitative estimate of drug-likeness (QED) is 0.547. The molecule has 138 valence electrons. The van der Waals surface area contributed by atoms with Gasteiger partial charge in [0.1, 0.15) is 17.2 Å². The van der Waals surface area contributed by atoms with E-state index in [9.17, 15) is 4.79 Å². The van der Waals surface area contributed by atoms with E-state index < -0.39 is 0 Å². The van der Waals surface area contributed by atoms with Crippen LogP contribution in [0.2, 0.25) is 0 Å². The minimum absolute atomic E-state index is 0.126. The molecule has 0 bridgehead atoms. The predicted molar refractivity (Wildman–Crippen MR) is 104 cm³/mol. The zero-order valence-electron chi connectivity index (χ0n) is 15.1. The molecule has 0 saturated heterocycles. The molecule has 7 heteroatoms. The third-order valence-electron chi connectivity index (χ3n) is 3.64. The number of amides is 1. The fourth-order valence-corrected chi connectivity index (χ4v) is 2.73. The van der Waals surface area contributed by atoms with E-state index >= 15 is 0 Å². The van der Waals surface area contributed by atoms with Gasteiger partial charge in [0.25, 0.3) is 5.91 Å². The Labute approximate surface area is 161 Å². The minimum Gasteiger partial charge on any atom is -0.497 e. The molecule has 0 aromatic heterocycles. The van der Waals surface area contributed by atoms with Crippen molar-refractivity contribution in [2.24, 2.45) is 5.10 Å². The normalized spacial score (nSPS) is 11.0. The molecule has 2 aromatic carbocycles. The van der Waals surface area contributed by atoms with Crippen LogP contribution in [0.1, 0.15) is 18.1 Å². The summed E-state index contributed by atoms with van der Waals surface area (Å²) in [5.41, 5.74) is 4.80. The maximum Gasteiger partial charge on any atom is 0.277 e. The molecule has 6 nitrogen and oxygen atoms in total. The summed E-state index contributed by atoms with van der Waals surface area (Å²) < 4.78 is 17.0. The second-order valence-electron chi connectivity index (χ2n) is 5.50. The summed E-state index contributed by atoms with van der Waals surface area (Å²) in [6.45, 7) is 3.57. The van der Waals surface area contributed by atoms with Gasteiger partial charge in [-0.15, -0.1) is 0 Å². The van der Waals surface area contributed by atoms with Crippen LogP contribution in [-0.4, -0.2) is 32.4 Å². The lowest BCUT2D eigenvalue weighted by Crippen LogP contribution is -2.25. The topological polar surface area (TPSA) is 69.2 Å². The second-order valence-corrected chi connectivity index (χ2v) is 6.41. The Balaban J connectivity index is 1.98. The lowest BCUT2D eigenvalue weighted by atomic mass is 10.1. The predicted octanol–water partition coefficient (Wildman–Crippen LogP) is 3.69. The summed E-state index contributed by atoms with van der Waals surface area (Å²) in [5, 5.41) is 4.12. The maximum atomic E-state index is 12.0. The summed E-state index contributed by atoms with van der Waals surface area (Å²) in [6, 6.07) is 11.0. The van der Waals surface area contributed by atoms with Gasteiger partial charge in [-0.1, -0.05) is 15.9 Å². The molecule has 0 saturated carbocycles. The van der Waals surface area contributed by atoms with Gasteiger partial charge in [0.05, 0.1) is 19.9 Å². The van der Waals surface area contributed by atoms with Crippen molar-refractivity contribution in [3.8, 4) is 17.2 Å². The Kier molecular flexibility index (Phi) is 7.03. The van der Waals surface area contributed by atoms with Crippen LogP contribution in [0.3, 0.4) is 0 Å². The number of nitrogens with one attached hydrogen (secondary N) is 1. The summed E-state index contributed by atoms with van der Waals surface area (Å²) >= 11 is 3.39. The van der Waals surface area contributed by atoms with Gasteiger partial charge < -0.3 is 14.2 Å². The van der Waals surface area contributed by atoms with Crippen LogP contribution in [0.4, 0.5) is 0 Å². The van der Waals surface area contributed by atoms with Crippen LogP contribution in [0.25, 0.3) is 0 Å². The number of hydrazone groups is 1. The van der Waals surface area contributed by atoms with Crippen LogP contribution in [0, 0.1) is 6.92 Å². The van der Waals surface area contributed by atoms with Crippen molar-refractivity contribution < 1.29 is 19.0 Å². The number of halogens is 1. The lowest BCUT2D eigenvalue weighted by molar-refractivity contribution is -0.123. The van der Waals surface area contributed by atoms with Gasteiger partial charge >= 0.3 is 0 Å². The number of hydrogen-bond donors (Lipinski definition) is 1. The van der Waals surface area contributed by atoms with E-state index in [0.29, 0.717) is 23.0 Å². The Hall–Kier alpha value is -2.54. The molecular weight excluding hydrogens is 400 g/mol. The van der Waals surface area contributed by atoms with Gasteiger partial charge in [0.2, 0.25) is 0 Å². The van der Waals surface area contributed by atoms with Crippen molar-refractivity contribution in [2.45, 2.75) is 13.8 Å². The zero-order chi connectivity index (χ0) is 19.1. The van der Waals surface area contributed by atoms with E-state index in [0.717, 1.165) is 15.6 Å². The number of rotatable bonds is 7. The van der Waals surface area contributed by atoms with Crippen LogP contribution < -0.4 is 19.6 Å².